The van der Waals surface area contributed by atoms with Crippen LogP contribution in [0.2, 0.25) is 0 Å². The number of nitrogens with zero attached hydrogens (tertiary/aromatic N) is 1. The fraction of sp³-hybridized carbons (Fsp3) is 0.400. The van der Waals surface area contributed by atoms with Crippen molar-refractivity contribution in [2.24, 2.45) is 0 Å². The van der Waals surface area contributed by atoms with Crippen molar-refractivity contribution >= 4 is 11.8 Å². The zero-order chi connectivity index (χ0) is 19.2. The maximum Gasteiger partial charge on any atom is 0.290 e. The standard InChI is InChI=1S/C20H24N2O5/c1-25-16-8-7-14(13-18(16)26-2)9-10-21-19(23)15-5-3-11-22(15)20(24)17-6-4-12-27-17/h4,6-8,12-13,15H,3,5,9-11H2,1-2H3,(H,21,23). The zero-order valence-corrected chi connectivity index (χ0v) is 15.6. The number of rotatable bonds is 7. The number of ether oxygens (including phenoxy) is 2. The lowest BCUT2D eigenvalue weighted by Crippen LogP contribution is -2.46. The van der Waals surface area contributed by atoms with E-state index in [1.807, 2.05) is 18.2 Å². The summed E-state index contributed by atoms with van der Waals surface area (Å²) in [5, 5.41) is 2.93. The first-order valence-electron chi connectivity index (χ1n) is 8.97. The molecule has 1 unspecified atom stereocenters. The highest BCUT2D eigenvalue weighted by molar-refractivity contribution is 5.95. The fourth-order valence-corrected chi connectivity index (χ4v) is 3.31. The summed E-state index contributed by atoms with van der Waals surface area (Å²) < 4.78 is 15.7. The highest BCUT2D eigenvalue weighted by Crippen LogP contribution is 2.27. The van der Waals surface area contributed by atoms with Crippen LogP contribution in [0.25, 0.3) is 0 Å². The molecule has 7 nitrogen and oxygen atoms in total. The summed E-state index contributed by atoms with van der Waals surface area (Å²) in [6, 6.07) is 8.52. The Bertz CT molecular complexity index is 788. The number of carbonyl (C=O) groups is 2. The van der Waals surface area contributed by atoms with Gasteiger partial charge in [0.05, 0.1) is 20.5 Å². The van der Waals surface area contributed by atoms with Crippen molar-refractivity contribution in [3.05, 3.63) is 47.9 Å². The summed E-state index contributed by atoms with van der Waals surface area (Å²) in [6.45, 7) is 1.04. The molecule has 2 aromatic rings. The number of carbonyl (C=O) groups excluding carboxylic acids is 2. The predicted molar refractivity (Wildman–Crippen MR) is 99.0 cm³/mol. The van der Waals surface area contributed by atoms with Crippen molar-refractivity contribution in [2.45, 2.75) is 25.3 Å². The van der Waals surface area contributed by atoms with Gasteiger partial charge in [-0.15, -0.1) is 0 Å². The molecule has 1 aromatic carbocycles. The summed E-state index contributed by atoms with van der Waals surface area (Å²) in [6.07, 6.45) is 3.58. The fourth-order valence-electron chi connectivity index (χ4n) is 3.31. The van der Waals surface area contributed by atoms with Crippen molar-refractivity contribution < 1.29 is 23.5 Å². The van der Waals surface area contributed by atoms with Gasteiger partial charge in [-0.2, -0.15) is 0 Å². The van der Waals surface area contributed by atoms with E-state index in [2.05, 4.69) is 5.32 Å². The first-order valence-corrected chi connectivity index (χ1v) is 8.97. The molecule has 0 saturated carbocycles. The van der Waals surface area contributed by atoms with Gasteiger partial charge in [-0.3, -0.25) is 9.59 Å². The van der Waals surface area contributed by atoms with Crippen LogP contribution in [0.1, 0.15) is 29.0 Å². The van der Waals surface area contributed by atoms with Gasteiger partial charge in [-0.25, -0.2) is 0 Å². The molecule has 1 aliphatic heterocycles. The molecule has 0 radical (unpaired) electrons. The quantitative estimate of drug-likeness (QED) is 0.806. The van der Waals surface area contributed by atoms with E-state index in [0.717, 1.165) is 12.0 Å². The van der Waals surface area contributed by atoms with E-state index in [1.165, 1.54) is 6.26 Å². The molecule has 7 heteroatoms. The first kappa shape index (κ1) is 18.8. The van der Waals surface area contributed by atoms with E-state index < -0.39 is 6.04 Å². The summed E-state index contributed by atoms with van der Waals surface area (Å²) in [5.41, 5.74) is 1.03. The number of nitrogens with one attached hydrogen (secondary N) is 1. The molecule has 0 aliphatic carbocycles. The van der Waals surface area contributed by atoms with Crippen LogP contribution in [0, 0.1) is 0 Å². The molecule has 1 fully saturated rings. The minimum absolute atomic E-state index is 0.132. The highest BCUT2D eigenvalue weighted by Gasteiger charge is 2.35. The van der Waals surface area contributed by atoms with Crippen molar-refractivity contribution in [3.8, 4) is 11.5 Å². The third-order valence-corrected chi connectivity index (χ3v) is 4.71. The van der Waals surface area contributed by atoms with Gasteiger partial charge < -0.3 is 24.1 Å². The summed E-state index contributed by atoms with van der Waals surface area (Å²) in [7, 11) is 3.18. The van der Waals surface area contributed by atoms with Gasteiger partial charge in [0.15, 0.2) is 17.3 Å². The Morgan fingerprint density at radius 3 is 2.74 bits per heavy atom. The van der Waals surface area contributed by atoms with Crippen molar-refractivity contribution in [1.82, 2.24) is 10.2 Å². The summed E-state index contributed by atoms with van der Waals surface area (Å²) in [4.78, 5) is 26.6. The van der Waals surface area contributed by atoms with Gasteiger partial charge in [0.2, 0.25) is 5.91 Å². The molecule has 0 spiro atoms. The molecule has 144 valence electrons. The molecule has 1 aromatic heterocycles. The van der Waals surface area contributed by atoms with Crippen LogP contribution >= 0.6 is 0 Å². The third-order valence-electron chi connectivity index (χ3n) is 4.71. The third kappa shape index (κ3) is 4.24. The monoisotopic (exact) mass is 372 g/mol. The highest BCUT2D eigenvalue weighted by atomic mass is 16.5. The molecular weight excluding hydrogens is 348 g/mol. The van der Waals surface area contributed by atoms with E-state index >= 15 is 0 Å². The molecule has 2 heterocycles. The average molecular weight is 372 g/mol. The molecule has 27 heavy (non-hydrogen) atoms. The number of likely N-dealkylation sites (tertiary alicyclic amines) is 1. The smallest absolute Gasteiger partial charge is 0.290 e. The zero-order valence-electron chi connectivity index (χ0n) is 15.6. The van der Waals surface area contributed by atoms with E-state index in [0.29, 0.717) is 37.4 Å². The number of methoxy groups -OCH3 is 2. The maximum atomic E-state index is 12.6. The van der Waals surface area contributed by atoms with Gasteiger partial charge in [-0.1, -0.05) is 6.07 Å². The van der Waals surface area contributed by atoms with Crippen LogP contribution in [0.3, 0.4) is 0 Å². The number of amides is 2. The van der Waals surface area contributed by atoms with Gasteiger partial charge in [0.1, 0.15) is 6.04 Å². The van der Waals surface area contributed by atoms with E-state index in [4.69, 9.17) is 13.9 Å². The Morgan fingerprint density at radius 1 is 1.22 bits per heavy atom. The van der Waals surface area contributed by atoms with Crippen LogP contribution in [0.4, 0.5) is 0 Å². The maximum absolute atomic E-state index is 12.6. The van der Waals surface area contributed by atoms with Crippen LogP contribution in [0.15, 0.2) is 41.0 Å². The summed E-state index contributed by atoms with van der Waals surface area (Å²) >= 11 is 0. The number of furan rings is 1. The molecule has 1 N–H and O–H groups in total. The van der Waals surface area contributed by atoms with Crippen molar-refractivity contribution in [3.63, 3.8) is 0 Å². The van der Waals surface area contributed by atoms with Crippen LogP contribution in [-0.4, -0.2) is 50.1 Å². The second kappa shape index (κ2) is 8.62. The molecular formula is C20H24N2O5. The van der Waals surface area contributed by atoms with Gasteiger partial charge in [0, 0.05) is 13.1 Å². The van der Waals surface area contributed by atoms with Crippen LogP contribution < -0.4 is 14.8 Å². The topological polar surface area (TPSA) is 81.0 Å². The SMILES string of the molecule is COc1ccc(CCNC(=O)C2CCCN2C(=O)c2ccco2)cc1OC. The van der Waals surface area contributed by atoms with E-state index in [1.54, 1.807) is 31.3 Å². The van der Waals surface area contributed by atoms with Gasteiger partial charge in [-0.05, 0) is 49.1 Å². The Labute approximate surface area is 158 Å². The lowest BCUT2D eigenvalue weighted by molar-refractivity contribution is -0.124. The molecule has 1 aliphatic rings. The Kier molecular flexibility index (Phi) is 6.01. The minimum atomic E-state index is -0.451. The van der Waals surface area contributed by atoms with Crippen molar-refractivity contribution in [1.29, 1.82) is 0 Å². The van der Waals surface area contributed by atoms with Gasteiger partial charge in [0.25, 0.3) is 5.91 Å². The second-order valence-electron chi connectivity index (χ2n) is 6.36. The van der Waals surface area contributed by atoms with Crippen molar-refractivity contribution in [2.75, 3.05) is 27.3 Å². The molecule has 1 atom stereocenters. The molecule has 1 saturated heterocycles. The Hall–Kier alpha value is -2.96. The minimum Gasteiger partial charge on any atom is -0.493 e. The average Bonchev–Trinajstić information content (AvgIpc) is 3.39. The summed E-state index contributed by atoms with van der Waals surface area (Å²) in [5.74, 6) is 1.22. The molecule has 0 bridgehead atoms. The molecule has 3 rings (SSSR count). The lowest BCUT2D eigenvalue weighted by atomic mass is 10.1. The number of hydrogen-bond acceptors (Lipinski definition) is 5. The first-order chi connectivity index (χ1) is 13.1. The normalized spacial score (nSPS) is 16.2. The van der Waals surface area contributed by atoms with Crippen LogP contribution in [-0.2, 0) is 11.2 Å². The van der Waals surface area contributed by atoms with Crippen LogP contribution in [0.5, 0.6) is 11.5 Å². The van der Waals surface area contributed by atoms with E-state index in [-0.39, 0.29) is 17.6 Å². The molecule has 2 amide bonds. The number of hydrogen-bond donors (Lipinski definition) is 1. The number of benzene rings is 1. The van der Waals surface area contributed by atoms with E-state index in [9.17, 15) is 9.59 Å². The Balaban J connectivity index is 1.55. The van der Waals surface area contributed by atoms with Gasteiger partial charge >= 0.3 is 0 Å². The largest absolute Gasteiger partial charge is 0.493 e. The Morgan fingerprint density at radius 2 is 2.04 bits per heavy atom. The predicted octanol–water partition coefficient (Wildman–Crippen LogP) is 2.26. The second-order valence-corrected chi connectivity index (χ2v) is 6.36. The lowest BCUT2D eigenvalue weighted by Gasteiger charge is -2.23.